The third-order valence-corrected chi connectivity index (χ3v) is 5.43. The quantitative estimate of drug-likeness (QED) is 0.685. The zero-order valence-electron chi connectivity index (χ0n) is 17.1. The Morgan fingerprint density at radius 2 is 1.76 bits per heavy atom. The molecule has 0 unspecified atom stereocenters. The molecule has 3 N–H and O–H groups in total. The van der Waals surface area contributed by atoms with E-state index in [1.807, 2.05) is 12.1 Å². The third kappa shape index (κ3) is 3.99. The normalized spacial score (nSPS) is 14.8. The lowest BCUT2D eigenvalue weighted by molar-refractivity contribution is 0.356. The first-order chi connectivity index (χ1) is 14.1. The Kier molecular flexibility index (Phi) is 5.29. The second-order valence-corrected chi connectivity index (χ2v) is 7.40. The van der Waals surface area contributed by atoms with Crippen LogP contribution in [0.25, 0.3) is 10.9 Å². The van der Waals surface area contributed by atoms with E-state index in [-0.39, 0.29) is 0 Å². The average molecular weight is 393 g/mol. The molecule has 4 rings (SSSR count). The number of nitrogens with zero attached hydrogens (tertiary/aromatic N) is 3. The molecular formula is C22H27N5O2. The average Bonchev–Trinajstić information content (AvgIpc) is 2.73. The summed E-state index contributed by atoms with van der Waals surface area (Å²) in [5, 5.41) is 4.21. The highest BCUT2D eigenvalue weighted by Gasteiger charge is 2.21. The van der Waals surface area contributed by atoms with E-state index in [0.29, 0.717) is 29.3 Å². The molecule has 2 aromatic carbocycles. The highest BCUT2D eigenvalue weighted by atomic mass is 16.5. The third-order valence-electron chi connectivity index (χ3n) is 5.43. The number of ether oxygens (including phenoxy) is 2. The fraction of sp³-hybridized carbons (Fsp3) is 0.364. The van der Waals surface area contributed by atoms with E-state index in [1.54, 1.807) is 14.2 Å². The highest BCUT2D eigenvalue weighted by molar-refractivity contribution is 5.91. The summed E-state index contributed by atoms with van der Waals surface area (Å²) in [5.41, 5.74) is 9.50. The number of anilines is 3. The van der Waals surface area contributed by atoms with Crippen LogP contribution in [0.1, 0.15) is 18.4 Å². The van der Waals surface area contributed by atoms with Crippen LogP contribution >= 0.6 is 0 Å². The van der Waals surface area contributed by atoms with Crippen LogP contribution in [-0.2, 0) is 0 Å². The molecule has 1 saturated heterocycles. The molecule has 0 bridgehead atoms. The van der Waals surface area contributed by atoms with Gasteiger partial charge in [-0.25, -0.2) is 4.98 Å². The lowest BCUT2D eigenvalue weighted by atomic mass is 10.0. The van der Waals surface area contributed by atoms with Gasteiger partial charge in [0.1, 0.15) is 5.82 Å². The summed E-state index contributed by atoms with van der Waals surface area (Å²) >= 11 is 0. The minimum absolute atomic E-state index is 0.313. The minimum atomic E-state index is 0.313. The van der Waals surface area contributed by atoms with Crippen LogP contribution < -0.4 is 25.4 Å². The van der Waals surface area contributed by atoms with E-state index in [2.05, 4.69) is 51.4 Å². The number of nitrogens with two attached hydrogens (primary N) is 1. The van der Waals surface area contributed by atoms with Crippen molar-refractivity contribution in [3.05, 3.63) is 42.0 Å². The standard InChI is InChI=1S/C22H27N5O2/c1-14-5-4-6-16(11-14)27-9-7-15(8-10-27)24-22-25-18-13-20(29-3)19(28-2)12-17(18)21(23)26-22/h4-6,11-13,15H,7-10H2,1-3H3,(H3,23,24,25,26). The van der Waals surface area contributed by atoms with Crippen molar-refractivity contribution < 1.29 is 9.47 Å². The van der Waals surface area contributed by atoms with E-state index in [4.69, 9.17) is 15.2 Å². The molecule has 0 aliphatic carbocycles. The van der Waals surface area contributed by atoms with Crippen LogP contribution in [0.3, 0.4) is 0 Å². The van der Waals surface area contributed by atoms with Crippen LogP contribution in [0, 0.1) is 6.92 Å². The van der Waals surface area contributed by atoms with E-state index in [1.165, 1.54) is 11.3 Å². The summed E-state index contributed by atoms with van der Waals surface area (Å²) in [6.45, 7) is 4.12. The van der Waals surface area contributed by atoms with Gasteiger partial charge in [-0.3, -0.25) is 0 Å². The summed E-state index contributed by atoms with van der Waals surface area (Å²) < 4.78 is 10.7. The molecule has 1 fully saturated rings. The van der Waals surface area contributed by atoms with Crippen LogP contribution in [0.5, 0.6) is 11.5 Å². The number of rotatable bonds is 5. The van der Waals surface area contributed by atoms with Gasteiger partial charge in [0.05, 0.1) is 19.7 Å². The van der Waals surface area contributed by atoms with Gasteiger partial charge >= 0.3 is 0 Å². The lowest BCUT2D eigenvalue weighted by Gasteiger charge is -2.34. The summed E-state index contributed by atoms with van der Waals surface area (Å²) in [6, 6.07) is 12.6. The molecule has 0 saturated carbocycles. The molecular weight excluding hydrogens is 366 g/mol. The first kappa shape index (κ1) is 19.1. The Labute approximate surface area is 170 Å². The van der Waals surface area contributed by atoms with Gasteiger partial charge in [-0.05, 0) is 43.5 Å². The van der Waals surface area contributed by atoms with Crippen molar-refractivity contribution in [2.45, 2.75) is 25.8 Å². The van der Waals surface area contributed by atoms with Gasteiger partial charge in [-0.2, -0.15) is 4.98 Å². The topological polar surface area (TPSA) is 85.5 Å². The van der Waals surface area contributed by atoms with Gasteiger partial charge in [-0.1, -0.05) is 12.1 Å². The molecule has 3 aromatic rings. The first-order valence-corrected chi connectivity index (χ1v) is 9.85. The number of hydrogen-bond acceptors (Lipinski definition) is 7. The molecule has 0 spiro atoms. The summed E-state index contributed by atoms with van der Waals surface area (Å²) in [6.07, 6.45) is 2.03. The van der Waals surface area contributed by atoms with Crippen molar-refractivity contribution in [2.75, 3.05) is 43.3 Å². The molecule has 0 radical (unpaired) electrons. The number of aromatic nitrogens is 2. The molecule has 152 valence electrons. The molecule has 1 aliphatic rings. The zero-order chi connectivity index (χ0) is 20.4. The summed E-state index contributed by atoms with van der Waals surface area (Å²) in [5.74, 6) is 2.21. The number of nitrogens with one attached hydrogen (secondary N) is 1. The minimum Gasteiger partial charge on any atom is -0.493 e. The molecule has 1 aliphatic heterocycles. The van der Waals surface area contributed by atoms with Crippen molar-refractivity contribution in [3.63, 3.8) is 0 Å². The summed E-state index contributed by atoms with van der Waals surface area (Å²) in [4.78, 5) is 11.5. The maximum absolute atomic E-state index is 6.19. The number of hydrogen-bond donors (Lipinski definition) is 2. The van der Waals surface area contributed by atoms with Crippen LogP contribution in [0.2, 0.25) is 0 Å². The van der Waals surface area contributed by atoms with Gasteiger partial charge in [-0.15, -0.1) is 0 Å². The number of nitrogen functional groups attached to an aromatic ring is 1. The van der Waals surface area contributed by atoms with Crippen molar-refractivity contribution in [1.29, 1.82) is 0 Å². The van der Waals surface area contributed by atoms with Gasteiger partial charge in [0.25, 0.3) is 0 Å². The SMILES string of the molecule is COc1cc2nc(NC3CCN(c4cccc(C)c4)CC3)nc(N)c2cc1OC. The number of benzene rings is 2. The smallest absolute Gasteiger partial charge is 0.225 e. The number of piperidine rings is 1. The van der Waals surface area contributed by atoms with E-state index < -0.39 is 0 Å². The fourth-order valence-electron chi connectivity index (χ4n) is 3.83. The lowest BCUT2D eigenvalue weighted by Crippen LogP contribution is -2.39. The number of methoxy groups -OCH3 is 2. The second kappa shape index (κ2) is 8.03. The molecule has 1 aromatic heterocycles. The number of aryl methyl sites for hydroxylation is 1. The maximum atomic E-state index is 6.19. The van der Waals surface area contributed by atoms with E-state index >= 15 is 0 Å². The van der Waals surface area contributed by atoms with E-state index in [9.17, 15) is 0 Å². The zero-order valence-corrected chi connectivity index (χ0v) is 17.1. The Bertz CT molecular complexity index is 1020. The maximum Gasteiger partial charge on any atom is 0.225 e. The Balaban J connectivity index is 1.48. The van der Waals surface area contributed by atoms with Crippen LogP contribution in [-0.4, -0.2) is 43.3 Å². The van der Waals surface area contributed by atoms with Gasteiger partial charge < -0.3 is 25.4 Å². The predicted molar refractivity (Wildman–Crippen MR) is 117 cm³/mol. The monoisotopic (exact) mass is 393 g/mol. The van der Waals surface area contributed by atoms with Gasteiger partial charge in [0.15, 0.2) is 11.5 Å². The van der Waals surface area contributed by atoms with Crippen LogP contribution in [0.15, 0.2) is 36.4 Å². The largest absolute Gasteiger partial charge is 0.493 e. The molecule has 0 atom stereocenters. The van der Waals surface area contributed by atoms with Crippen molar-refractivity contribution in [2.24, 2.45) is 0 Å². The van der Waals surface area contributed by atoms with Crippen molar-refractivity contribution in [3.8, 4) is 11.5 Å². The van der Waals surface area contributed by atoms with Gasteiger partial charge in [0.2, 0.25) is 5.95 Å². The van der Waals surface area contributed by atoms with Crippen molar-refractivity contribution >= 4 is 28.4 Å². The summed E-state index contributed by atoms with van der Waals surface area (Å²) in [7, 11) is 3.20. The first-order valence-electron chi connectivity index (χ1n) is 9.85. The van der Waals surface area contributed by atoms with E-state index in [0.717, 1.165) is 36.8 Å². The fourth-order valence-corrected chi connectivity index (χ4v) is 3.83. The molecule has 2 heterocycles. The van der Waals surface area contributed by atoms with Crippen LogP contribution in [0.4, 0.5) is 17.5 Å². The molecule has 0 amide bonds. The molecule has 7 heteroatoms. The Hall–Kier alpha value is -3.22. The Morgan fingerprint density at radius 1 is 1.03 bits per heavy atom. The second-order valence-electron chi connectivity index (χ2n) is 7.40. The molecule has 7 nitrogen and oxygen atoms in total. The molecule has 29 heavy (non-hydrogen) atoms. The predicted octanol–water partition coefficient (Wildman–Crippen LogP) is 3.62. The van der Waals surface area contributed by atoms with Gasteiger partial charge in [0, 0.05) is 36.3 Å². The number of fused-ring (bicyclic) bond motifs is 1. The highest BCUT2D eigenvalue weighted by Crippen LogP contribution is 2.34. The van der Waals surface area contributed by atoms with Crippen molar-refractivity contribution in [1.82, 2.24) is 9.97 Å². The Morgan fingerprint density at radius 3 is 2.45 bits per heavy atom.